The molecule has 0 aliphatic carbocycles. The third kappa shape index (κ3) is 3.57. The Hall–Kier alpha value is -1.52. The van der Waals surface area contributed by atoms with E-state index in [-0.39, 0.29) is 5.91 Å². The summed E-state index contributed by atoms with van der Waals surface area (Å²) in [6.07, 6.45) is 7.16. The van der Waals surface area contributed by atoms with Crippen molar-refractivity contribution in [1.29, 1.82) is 0 Å². The van der Waals surface area contributed by atoms with Crippen molar-refractivity contribution in [3.8, 4) is 0 Å². The van der Waals surface area contributed by atoms with E-state index in [9.17, 15) is 4.79 Å². The summed E-state index contributed by atoms with van der Waals surface area (Å²) in [5, 5.41) is 8.65. The van der Waals surface area contributed by atoms with Gasteiger partial charge in [0, 0.05) is 17.8 Å². The van der Waals surface area contributed by atoms with E-state index in [4.69, 9.17) is 0 Å². The van der Waals surface area contributed by atoms with Crippen molar-refractivity contribution in [1.82, 2.24) is 10.6 Å². The van der Waals surface area contributed by atoms with Gasteiger partial charge in [-0.05, 0) is 56.8 Å². The fraction of sp³-hybridized carbons (Fsp3) is 0.529. The number of benzene rings is 1. The minimum atomic E-state index is -0.152. The Kier molecular flexibility index (Phi) is 4.46. The second-order valence-corrected chi connectivity index (χ2v) is 6.18. The number of para-hydroxylation sites is 1. The summed E-state index contributed by atoms with van der Waals surface area (Å²) in [6, 6.07) is 7.47. The molecule has 0 unspecified atom stereocenters. The van der Waals surface area contributed by atoms with Gasteiger partial charge in [0.2, 0.25) is 0 Å². The first-order valence-electron chi connectivity index (χ1n) is 7.88. The molecule has 1 aromatic carbocycles. The highest BCUT2D eigenvalue weighted by molar-refractivity contribution is 6.06. The number of nitrogens with one attached hydrogen (secondary N) is 2. The molecule has 0 bridgehead atoms. The van der Waals surface area contributed by atoms with E-state index in [1.54, 1.807) is 0 Å². The van der Waals surface area contributed by atoms with E-state index in [0.717, 1.165) is 10.6 Å². The zero-order chi connectivity index (χ0) is 14.5. The normalized spacial score (nSPS) is 22.6. The molecule has 0 saturated carbocycles. The SMILES string of the molecule is C1CNCC2(C1)CCNCC2.O=C1C=c2ccccc2=N1. The van der Waals surface area contributed by atoms with Crippen LogP contribution in [-0.2, 0) is 4.79 Å². The summed E-state index contributed by atoms with van der Waals surface area (Å²) in [5.41, 5.74) is 0.684. The standard InChI is InChI=1S/C9H18N2.C8H5NO/c1-2-9(8-11-5-1)3-6-10-7-4-9;10-8-5-6-3-1-2-4-7(6)9-8/h10-11H,1-8H2;1-5H. The monoisotopic (exact) mass is 285 g/mol. The van der Waals surface area contributed by atoms with Crippen LogP contribution < -0.4 is 21.2 Å². The zero-order valence-electron chi connectivity index (χ0n) is 12.4. The highest BCUT2D eigenvalue weighted by Crippen LogP contribution is 2.34. The molecular weight excluding hydrogens is 262 g/mol. The number of piperidine rings is 2. The second kappa shape index (κ2) is 6.50. The van der Waals surface area contributed by atoms with E-state index >= 15 is 0 Å². The highest BCUT2D eigenvalue weighted by atomic mass is 16.1. The number of rotatable bonds is 0. The number of amides is 1. The Morgan fingerprint density at radius 3 is 2.52 bits per heavy atom. The lowest BCUT2D eigenvalue weighted by molar-refractivity contribution is -0.112. The van der Waals surface area contributed by atoms with Gasteiger partial charge in [-0.3, -0.25) is 4.79 Å². The predicted octanol–water partition coefficient (Wildman–Crippen LogP) is 0.367. The summed E-state index contributed by atoms with van der Waals surface area (Å²) < 4.78 is 0. The molecule has 0 atom stereocenters. The molecule has 2 fully saturated rings. The number of nitrogens with zero attached hydrogens (tertiary/aromatic N) is 1. The fourth-order valence-corrected chi connectivity index (χ4v) is 3.41. The summed E-state index contributed by atoms with van der Waals surface area (Å²) >= 11 is 0. The van der Waals surface area contributed by atoms with Crippen LogP contribution in [0.1, 0.15) is 25.7 Å². The Morgan fingerprint density at radius 1 is 1.00 bits per heavy atom. The molecule has 3 aliphatic rings. The van der Waals surface area contributed by atoms with Crippen molar-refractivity contribution in [2.24, 2.45) is 10.4 Å². The first-order chi connectivity index (χ1) is 10.3. The van der Waals surface area contributed by atoms with Gasteiger partial charge in [-0.15, -0.1) is 0 Å². The van der Waals surface area contributed by atoms with Gasteiger partial charge < -0.3 is 10.6 Å². The lowest BCUT2D eigenvalue weighted by Gasteiger charge is -2.41. The Bertz CT molecular complexity index is 555. The number of hydrogen-bond acceptors (Lipinski definition) is 3. The first kappa shape index (κ1) is 14.4. The molecule has 1 amide bonds. The van der Waals surface area contributed by atoms with Gasteiger partial charge in [0.15, 0.2) is 0 Å². The number of hydrogen-bond donors (Lipinski definition) is 2. The molecule has 2 saturated heterocycles. The van der Waals surface area contributed by atoms with Gasteiger partial charge in [0.1, 0.15) is 0 Å². The zero-order valence-corrected chi connectivity index (χ0v) is 12.4. The molecule has 1 spiro atoms. The van der Waals surface area contributed by atoms with Crippen LogP contribution in [0.3, 0.4) is 0 Å². The van der Waals surface area contributed by atoms with Gasteiger partial charge in [-0.25, -0.2) is 4.99 Å². The molecule has 3 aliphatic heterocycles. The summed E-state index contributed by atoms with van der Waals surface area (Å²) in [5.74, 6) is -0.152. The quantitative estimate of drug-likeness (QED) is 0.724. The van der Waals surface area contributed by atoms with Crippen LogP contribution >= 0.6 is 0 Å². The van der Waals surface area contributed by atoms with Crippen LogP contribution in [0.5, 0.6) is 0 Å². The minimum Gasteiger partial charge on any atom is -0.317 e. The van der Waals surface area contributed by atoms with Gasteiger partial charge in [-0.1, -0.05) is 18.2 Å². The van der Waals surface area contributed by atoms with Crippen molar-refractivity contribution in [2.75, 3.05) is 26.2 Å². The lowest BCUT2D eigenvalue weighted by atomic mass is 9.73. The lowest BCUT2D eigenvalue weighted by Crippen LogP contribution is -2.46. The molecular formula is C17H23N3O. The van der Waals surface area contributed by atoms with Crippen molar-refractivity contribution in [2.45, 2.75) is 25.7 Å². The van der Waals surface area contributed by atoms with Crippen LogP contribution in [0, 0.1) is 5.41 Å². The van der Waals surface area contributed by atoms with Gasteiger partial charge in [0.05, 0.1) is 5.36 Å². The third-order valence-electron chi connectivity index (χ3n) is 4.67. The Labute approximate surface area is 125 Å². The molecule has 4 heteroatoms. The molecule has 1 aromatic rings. The second-order valence-electron chi connectivity index (χ2n) is 6.18. The largest absolute Gasteiger partial charge is 0.317 e. The third-order valence-corrected chi connectivity index (χ3v) is 4.67. The molecule has 4 rings (SSSR count). The van der Waals surface area contributed by atoms with Gasteiger partial charge in [-0.2, -0.15) is 0 Å². The summed E-state index contributed by atoms with van der Waals surface area (Å²) in [4.78, 5) is 14.4. The Morgan fingerprint density at radius 2 is 1.81 bits per heavy atom. The first-order valence-corrected chi connectivity index (χ1v) is 7.88. The Balaban J connectivity index is 0.000000126. The van der Waals surface area contributed by atoms with Gasteiger partial charge in [0.25, 0.3) is 5.91 Å². The topological polar surface area (TPSA) is 53.5 Å². The van der Waals surface area contributed by atoms with Crippen LogP contribution in [0.25, 0.3) is 6.08 Å². The molecule has 4 nitrogen and oxygen atoms in total. The van der Waals surface area contributed by atoms with E-state index in [2.05, 4.69) is 15.6 Å². The predicted molar refractivity (Wildman–Crippen MR) is 83.3 cm³/mol. The highest BCUT2D eigenvalue weighted by Gasteiger charge is 2.32. The molecule has 2 N–H and O–H groups in total. The maximum Gasteiger partial charge on any atom is 0.270 e. The maximum atomic E-state index is 10.7. The average molecular weight is 285 g/mol. The number of fused-ring (bicyclic) bond motifs is 1. The van der Waals surface area contributed by atoms with Crippen LogP contribution in [0.2, 0.25) is 0 Å². The fourth-order valence-electron chi connectivity index (χ4n) is 3.41. The van der Waals surface area contributed by atoms with E-state index in [1.807, 2.05) is 24.3 Å². The van der Waals surface area contributed by atoms with E-state index in [1.165, 1.54) is 57.9 Å². The molecule has 0 radical (unpaired) electrons. The minimum absolute atomic E-state index is 0.152. The van der Waals surface area contributed by atoms with Crippen molar-refractivity contribution >= 4 is 12.0 Å². The molecule has 21 heavy (non-hydrogen) atoms. The van der Waals surface area contributed by atoms with Crippen molar-refractivity contribution in [3.63, 3.8) is 0 Å². The smallest absolute Gasteiger partial charge is 0.270 e. The van der Waals surface area contributed by atoms with Gasteiger partial charge >= 0.3 is 0 Å². The van der Waals surface area contributed by atoms with Crippen LogP contribution in [-0.4, -0.2) is 32.1 Å². The molecule has 3 heterocycles. The van der Waals surface area contributed by atoms with Crippen molar-refractivity contribution in [3.05, 3.63) is 34.8 Å². The van der Waals surface area contributed by atoms with Crippen LogP contribution in [0.15, 0.2) is 29.3 Å². The average Bonchev–Trinajstić information content (AvgIpc) is 2.89. The van der Waals surface area contributed by atoms with E-state index < -0.39 is 0 Å². The number of carbonyl (C=O) groups is 1. The van der Waals surface area contributed by atoms with Crippen LogP contribution in [0.4, 0.5) is 0 Å². The summed E-state index contributed by atoms with van der Waals surface area (Å²) in [6.45, 7) is 4.99. The van der Waals surface area contributed by atoms with E-state index in [0.29, 0.717) is 5.41 Å². The van der Waals surface area contributed by atoms with Crippen molar-refractivity contribution < 1.29 is 4.79 Å². The number of carbonyl (C=O) groups excluding carboxylic acids is 1. The maximum absolute atomic E-state index is 10.7. The summed E-state index contributed by atoms with van der Waals surface area (Å²) in [7, 11) is 0. The molecule has 112 valence electrons. The molecule has 0 aromatic heterocycles.